The van der Waals surface area contributed by atoms with Crippen molar-refractivity contribution in [3.05, 3.63) is 107 Å². The van der Waals surface area contributed by atoms with Crippen molar-refractivity contribution in [1.82, 2.24) is 20.1 Å². The van der Waals surface area contributed by atoms with Gasteiger partial charge in [0.2, 0.25) is 0 Å². The summed E-state index contributed by atoms with van der Waals surface area (Å²) < 4.78 is 5.37. The Kier molecular flexibility index (Phi) is 8.36. The number of amides is 3. The molecule has 3 aromatic carbocycles. The fourth-order valence-electron chi connectivity index (χ4n) is 5.35. The molecule has 6 rings (SSSR count). The second-order valence-corrected chi connectivity index (χ2v) is 11.1. The quantitative estimate of drug-likeness (QED) is 0.307. The number of anilines is 1. The summed E-state index contributed by atoms with van der Waals surface area (Å²) in [4.78, 5) is 47.9. The molecule has 214 valence electrons. The summed E-state index contributed by atoms with van der Waals surface area (Å²) in [5.41, 5.74) is 4.51. The number of morpholine rings is 1. The van der Waals surface area contributed by atoms with Crippen LogP contribution in [0.25, 0.3) is 11.1 Å². The van der Waals surface area contributed by atoms with Gasteiger partial charge in [0.1, 0.15) is 6.04 Å². The molecule has 2 aliphatic rings. The average molecular weight is 582 g/mol. The van der Waals surface area contributed by atoms with Gasteiger partial charge in [-0.25, -0.2) is 4.98 Å². The van der Waals surface area contributed by atoms with Gasteiger partial charge in [-0.15, -0.1) is 11.3 Å². The Labute approximate surface area is 248 Å². The predicted octanol–water partition coefficient (Wildman–Crippen LogP) is 4.21. The molecular weight excluding hydrogens is 550 g/mol. The average Bonchev–Trinajstić information content (AvgIpc) is 3.66. The maximum absolute atomic E-state index is 13.7. The summed E-state index contributed by atoms with van der Waals surface area (Å²) in [5, 5.41) is 8.13. The summed E-state index contributed by atoms with van der Waals surface area (Å²) >= 11 is 1.33. The summed E-state index contributed by atoms with van der Waals surface area (Å²) in [5.74, 6) is -0.625. The molecule has 0 saturated carbocycles. The smallest absolute Gasteiger partial charge is 0.255 e. The van der Waals surface area contributed by atoms with Crippen LogP contribution in [0.4, 0.5) is 5.13 Å². The third-order valence-electron chi connectivity index (χ3n) is 7.58. The summed E-state index contributed by atoms with van der Waals surface area (Å²) in [6.45, 7) is 4.94. The lowest BCUT2D eigenvalue weighted by atomic mass is 9.99. The van der Waals surface area contributed by atoms with E-state index >= 15 is 0 Å². The van der Waals surface area contributed by atoms with E-state index in [-0.39, 0.29) is 17.7 Å². The minimum absolute atomic E-state index is 0.113. The fraction of sp³-hybridized carbons (Fsp3) is 0.250. The second kappa shape index (κ2) is 12.6. The van der Waals surface area contributed by atoms with Crippen molar-refractivity contribution in [1.29, 1.82) is 0 Å². The van der Waals surface area contributed by atoms with Gasteiger partial charge in [-0.1, -0.05) is 54.6 Å². The number of rotatable bonds is 9. The highest BCUT2D eigenvalue weighted by atomic mass is 32.1. The van der Waals surface area contributed by atoms with Gasteiger partial charge in [0.05, 0.1) is 13.2 Å². The van der Waals surface area contributed by atoms with Crippen molar-refractivity contribution in [2.75, 3.05) is 44.7 Å². The Morgan fingerprint density at radius 3 is 2.48 bits per heavy atom. The first kappa shape index (κ1) is 27.8. The van der Waals surface area contributed by atoms with Crippen LogP contribution in [0.2, 0.25) is 0 Å². The number of nitrogens with one attached hydrogen (secondary N) is 2. The number of hydrogen-bond donors (Lipinski definition) is 2. The van der Waals surface area contributed by atoms with E-state index in [0.29, 0.717) is 29.3 Å². The van der Waals surface area contributed by atoms with Gasteiger partial charge < -0.3 is 15.0 Å². The molecule has 1 aromatic heterocycles. The number of carbonyl (C=O) groups excluding carboxylic acids is 3. The van der Waals surface area contributed by atoms with E-state index < -0.39 is 6.04 Å². The van der Waals surface area contributed by atoms with Crippen LogP contribution in [-0.4, -0.2) is 71.9 Å². The Balaban J connectivity index is 1.15. The highest BCUT2D eigenvalue weighted by molar-refractivity contribution is 7.13. The van der Waals surface area contributed by atoms with E-state index in [2.05, 4.69) is 20.5 Å². The molecule has 1 saturated heterocycles. The Bertz CT molecular complexity index is 1550. The number of fused-ring (bicyclic) bond motifs is 1. The molecule has 0 bridgehead atoms. The van der Waals surface area contributed by atoms with Gasteiger partial charge >= 0.3 is 0 Å². The van der Waals surface area contributed by atoms with E-state index in [1.165, 1.54) is 11.3 Å². The molecule has 4 aromatic rings. The van der Waals surface area contributed by atoms with Crippen LogP contribution in [0.5, 0.6) is 0 Å². The predicted molar refractivity (Wildman–Crippen MR) is 161 cm³/mol. The minimum atomic E-state index is -0.806. The number of thiazole rings is 1. The molecule has 42 heavy (non-hydrogen) atoms. The molecule has 3 heterocycles. The normalized spacial score (nSPS) is 15.7. The number of benzene rings is 3. The number of carbonyl (C=O) groups is 3. The molecule has 0 unspecified atom stereocenters. The molecule has 2 N–H and O–H groups in total. The zero-order valence-electron chi connectivity index (χ0n) is 23.0. The monoisotopic (exact) mass is 581 g/mol. The molecule has 1 fully saturated rings. The number of ether oxygens (including phenoxy) is 1. The second-order valence-electron chi connectivity index (χ2n) is 10.2. The van der Waals surface area contributed by atoms with E-state index in [9.17, 15) is 14.4 Å². The summed E-state index contributed by atoms with van der Waals surface area (Å²) in [6, 6.07) is 21.7. The molecule has 0 aliphatic carbocycles. The maximum atomic E-state index is 13.7. The van der Waals surface area contributed by atoms with Gasteiger partial charge in [0, 0.05) is 55.4 Å². The molecule has 3 amide bonds. The summed E-state index contributed by atoms with van der Waals surface area (Å²) in [6.07, 6.45) is 1.63. The molecule has 0 spiro atoms. The van der Waals surface area contributed by atoms with Gasteiger partial charge in [-0.3, -0.25) is 24.6 Å². The SMILES string of the molecule is O=C(NCCN1CCOCC1)c1ccc(-c2ccc3c(c2)C(=O)N([C@@H](C(=O)Nc2nccs2)c2ccccc2)C3)cc1. The highest BCUT2D eigenvalue weighted by Crippen LogP contribution is 2.35. The van der Waals surface area contributed by atoms with E-state index in [4.69, 9.17) is 4.74 Å². The lowest BCUT2D eigenvalue weighted by Crippen LogP contribution is -2.41. The molecule has 0 radical (unpaired) electrons. The van der Waals surface area contributed by atoms with Crippen molar-refractivity contribution >= 4 is 34.2 Å². The summed E-state index contributed by atoms with van der Waals surface area (Å²) in [7, 11) is 0. The van der Waals surface area contributed by atoms with E-state index in [1.807, 2.05) is 60.7 Å². The first-order valence-corrected chi connectivity index (χ1v) is 14.8. The maximum Gasteiger partial charge on any atom is 0.255 e. The fourth-order valence-corrected chi connectivity index (χ4v) is 5.88. The van der Waals surface area contributed by atoms with Crippen molar-refractivity contribution in [2.45, 2.75) is 12.6 Å². The number of hydrogen-bond acceptors (Lipinski definition) is 7. The van der Waals surface area contributed by atoms with Gasteiger partial charge in [-0.2, -0.15) is 0 Å². The van der Waals surface area contributed by atoms with Crippen LogP contribution in [0.15, 0.2) is 84.4 Å². The lowest BCUT2D eigenvalue weighted by molar-refractivity contribution is -0.120. The lowest BCUT2D eigenvalue weighted by Gasteiger charge is -2.27. The number of nitrogens with zero attached hydrogens (tertiary/aromatic N) is 3. The highest BCUT2D eigenvalue weighted by Gasteiger charge is 2.37. The van der Waals surface area contributed by atoms with Crippen LogP contribution in [0.3, 0.4) is 0 Å². The molecule has 9 nitrogen and oxygen atoms in total. The van der Waals surface area contributed by atoms with Crippen molar-refractivity contribution in [2.24, 2.45) is 0 Å². The zero-order chi connectivity index (χ0) is 28.9. The van der Waals surface area contributed by atoms with E-state index in [1.54, 1.807) is 28.6 Å². The van der Waals surface area contributed by atoms with Crippen LogP contribution >= 0.6 is 11.3 Å². The molecular formula is C32H31N5O4S. The Morgan fingerprint density at radius 2 is 1.74 bits per heavy atom. The van der Waals surface area contributed by atoms with Crippen LogP contribution in [-0.2, 0) is 16.1 Å². The standard InChI is InChI=1S/C32H31N5O4S/c38-29(33-12-14-36-15-17-41-18-16-36)24-8-6-22(7-9-24)25-10-11-26-21-37(31(40)27(26)20-25)28(23-4-2-1-3-5-23)30(39)35-32-34-13-19-42-32/h1-11,13,19-20,28H,12,14-18,21H2,(H,33,38)(H,34,35,39)/t28-/m1/s1. The van der Waals surface area contributed by atoms with Gasteiger partial charge in [-0.05, 0) is 40.5 Å². The molecule has 10 heteroatoms. The van der Waals surface area contributed by atoms with Crippen molar-refractivity contribution < 1.29 is 19.1 Å². The molecule has 2 aliphatic heterocycles. The zero-order valence-corrected chi connectivity index (χ0v) is 23.8. The Hall–Kier alpha value is -4.38. The van der Waals surface area contributed by atoms with Gasteiger partial charge in [0.25, 0.3) is 17.7 Å². The number of aromatic nitrogens is 1. The largest absolute Gasteiger partial charge is 0.379 e. The van der Waals surface area contributed by atoms with Gasteiger partial charge in [0.15, 0.2) is 5.13 Å². The van der Waals surface area contributed by atoms with Crippen LogP contribution in [0.1, 0.15) is 37.9 Å². The van der Waals surface area contributed by atoms with Crippen molar-refractivity contribution in [3.8, 4) is 11.1 Å². The first-order chi connectivity index (χ1) is 20.6. The third-order valence-corrected chi connectivity index (χ3v) is 8.27. The third kappa shape index (κ3) is 6.11. The van der Waals surface area contributed by atoms with Crippen LogP contribution < -0.4 is 10.6 Å². The van der Waals surface area contributed by atoms with E-state index in [0.717, 1.165) is 55.1 Å². The molecule has 1 atom stereocenters. The minimum Gasteiger partial charge on any atom is -0.379 e. The van der Waals surface area contributed by atoms with Crippen molar-refractivity contribution in [3.63, 3.8) is 0 Å². The van der Waals surface area contributed by atoms with Crippen LogP contribution in [0, 0.1) is 0 Å². The first-order valence-electron chi connectivity index (χ1n) is 13.9. The Morgan fingerprint density at radius 1 is 0.976 bits per heavy atom. The topological polar surface area (TPSA) is 104 Å².